The van der Waals surface area contributed by atoms with Crippen LogP contribution in [0.15, 0.2) is 64.0 Å². The van der Waals surface area contributed by atoms with Crippen LogP contribution in [0.4, 0.5) is 0 Å². The summed E-state index contributed by atoms with van der Waals surface area (Å²) in [6.45, 7) is 0.604. The average molecular weight is 313 g/mol. The Bertz CT molecular complexity index is 739. The zero-order valence-corrected chi connectivity index (χ0v) is 12.6. The van der Waals surface area contributed by atoms with Gasteiger partial charge in [0.2, 0.25) is 5.91 Å². The Hall–Kier alpha value is -2.53. The molecule has 3 aromatic heterocycles. The van der Waals surface area contributed by atoms with Gasteiger partial charge in [0, 0.05) is 27.9 Å². The fourth-order valence-corrected chi connectivity index (χ4v) is 2.98. The minimum Gasteiger partial charge on any atom is -0.472 e. The van der Waals surface area contributed by atoms with E-state index in [1.54, 1.807) is 48.3 Å². The fourth-order valence-electron chi connectivity index (χ4n) is 1.98. The first-order chi connectivity index (χ1) is 10.8. The third-order valence-corrected chi connectivity index (χ3v) is 4.27. The number of rotatable bonds is 6. The maximum absolute atomic E-state index is 11.7. The van der Waals surface area contributed by atoms with E-state index < -0.39 is 0 Å². The van der Waals surface area contributed by atoms with Gasteiger partial charge < -0.3 is 14.2 Å². The van der Waals surface area contributed by atoms with E-state index in [2.05, 4.69) is 17.4 Å². The summed E-state index contributed by atoms with van der Waals surface area (Å²) in [5, 5.41) is 2.86. The molecule has 1 N–H and O–H groups in total. The summed E-state index contributed by atoms with van der Waals surface area (Å²) in [5.41, 5.74) is 1.08. The van der Waals surface area contributed by atoms with E-state index in [-0.39, 0.29) is 5.91 Å². The zero-order chi connectivity index (χ0) is 15.2. The Morgan fingerprint density at radius 1 is 1.23 bits per heavy atom. The van der Waals surface area contributed by atoms with Gasteiger partial charge >= 0.3 is 0 Å². The van der Waals surface area contributed by atoms with Crippen LogP contribution in [0.3, 0.4) is 0 Å². The van der Waals surface area contributed by atoms with Crippen molar-refractivity contribution >= 4 is 23.3 Å². The Labute approximate surface area is 132 Å². The van der Waals surface area contributed by atoms with Crippen LogP contribution in [0, 0.1) is 0 Å². The molecule has 5 heteroatoms. The van der Waals surface area contributed by atoms with Crippen molar-refractivity contribution in [1.29, 1.82) is 0 Å². The molecule has 22 heavy (non-hydrogen) atoms. The van der Waals surface area contributed by atoms with E-state index in [4.69, 9.17) is 8.83 Å². The summed E-state index contributed by atoms with van der Waals surface area (Å²) < 4.78 is 10.2. The minimum atomic E-state index is -0.122. The lowest BCUT2D eigenvalue weighted by Crippen LogP contribution is -2.23. The average Bonchev–Trinajstić information content (AvgIpc) is 3.26. The van der Waals surface area contributed by atoms with Gasteiger partial charge in [-0.2, -0.15) is 0 Å². The largest absolute Gasteiger partial charge is 0.472 e. The van der Waals surface area contributed by atoms with Gasteiger partial charge in [-0.3, -0.25) is 4.79 Å². The summed E-state index contributed by atoms with van der Waals surface area (Å²) in [4.78, 5) is 14.1. The van der Waals surface area contributed by atoms with Gasteiger partial charge in [0.1, 0.15) is 5.76 Å². The molecule has 0 aromatic carbocycles. The van der Waals surface area contributed by atoms with Crippen molar-refractivity contribution in [3.8, 4) is 10.4 Å². The molecule has 0 saturated carbocycles. The number of carbonyl (C=O) groups is 1. The van der Waals surface area contributed by atoms with Gasteiger partial charge in [0.15, 0.2) is 0 Å². The van der Waals surface area contributed by atoms with Crippen LogP contribution >= 0.6 is 11.3 Å². The molecular weight excluding hydrogens is 298 g/mol. The molecule has 3 heterocycles. The maximum Gasteiger partial charge on any atom is 0.244 e. The highest BCUT2D eigenvalue weighted by molar-refractivity contribution is 7.15. The Kier molecular flexibility index (Phi) is 4.56. The molecular formula is C17H15NO3S. The number of amides is 1. The van der Waals surface area contributed by atoms with Crippen LogP contribution in [0.1, 0.15) is 10.6 Å². The van der Waals surface area contributed by atoms with Crippen LogP contribution in [-0.4, -0.2) is 12.5 Å². The number of nitrogens with one attached hydrogen (secondary N) is 1. The second-order valence-corrected chi connectivity index (χ2v) is 5.84. The molecule has 0 aliphatic rings. The molecule has 0 fully saturated rings. The predicted molar refractivity (Wildman–Crippen MR) is 86.5 cm³/mol. The summed E-state index contributed by atoms with van der Waals surface area (Å²) >= 11 is 1.71. The molecule has 0 aliphatic carbocycles. The van der Waals surface area contributed by atoms with E-state index in [1.165, 1.54) is 15.8 Å². The zero-order valence-electron chi connectivity index (χ0n) is 11.8. The summed E-state index contributed by atoms with van der Waals surface area (Å²) in [5.74, 6) is 0.543. The van der Waals surface area contributed by atoms with Crippen molar-refractivity contribution in [2.75, 3.05) is 6.54 Å². The molecule has 4 nitrogen and oxygen atoms in total. The first-order valence-corrected chi connectivity index (χ1v) is 7.73. The molecule has 0 atom stereocenters. The molecule has 0 spiro atoms. The summed E-state index contributed by atoms with van der Waals surface area (Å²) in [7, 11) is 0. The third kappa shape index (κ3) is 3.77. The van der Waals surface area contributed by atoms with Gasteiger partial charge in [-0.15, -0.1) is 11.3 Å². The van der Waals surface area contributed by atoms with E-state index in [1.807, 2.05) is 6.07 Å². The lowest BCUT2D eigenvalue weighted by atomic mass is 10.3. The van der Waals surface area contributed by atoms with Crippen molar-refractivity contribution < 1.29 is 13.6 Å². The van der Waals surface area contributed by atoms with Crippen molar-refractivity contribution in [2.24, 2.45) is 0 Å². The SMILES string of the molecule is O=C(/C=C/c1ccco1)NCCc1ccc(-c2ccoc2)s1. The summed E-state index contributed by atoms with van der Waals surface area (Å²) in [6.07, 6.45) is 8.91. The predicted octanol–water partition coefficient (Wildman–Crippen LogP) is 3.97. The molecule has 0 saturated heterocycles. The Morgan fingerprint density at radius 3 is 2.95 bits per heavy atom. The second kappa shape index (κ2) is 6.95. The number of carbonyl (C=O) groups excluding carboxylic acids is 1. The van der Waals surface area contributed by atoms with E-state index in [0.717, 1.165) is 12.0 Å². The number of thiophene rings is 1. The van der Waals surface area contributed by atoms with Gasteiger partial charge in [-0.25, -0.2) is 0 Å². The highest BCUT2D eigenvalue weighted by atomic mass is 32.1. The van der Waals surface area contributed by atoms with E-state index in [0.29, 0.717) is 12.3 Å². The number of furan rings is 2. The van der Waals surface area contributed by atoms with Crippen LogP contribution < -0.4 is 5.32 Å². The molecule has 0 radical (unpaired) electrons. The molecule has 1 amide bonds. The normalized spacial score (nSPS) is 11.1. The standard InChI is InChI=1S/C17H15NO3S/c19-17(6-3-14-2-1-10-21-14)18-9-7-15-4-5-16(22-15)13-8-11-20-12-13/h1-6,8,10-12H,7,9H2,(H,18,19)/b6-3+. The van der Waals surface area contributed by atoms with Gasteiger partial charge in [0.25, 0.3) is 0 Å². The van der Waals surface area contributed by atoms with Crippen LogP contribution in [-0.2, 0) is 11.2 Å². The maximum atomic E-state index is 11.7. The van der Waals surface area contributed by atoms with E-state index in [9.17, 15) is 4.79 Å². The molecule has 3 rings (SSSR count). The van der Waals surface area contributed by atoms with E-state index >= 15 is 0 Å². The van der Waals surface area contributed by atoms with Gasteiger partial charge in [0.05, 0.1) is 18.8 Å². The van der Waals surface area contributed by atoms with Crippen LogP contribution in [0.2, 0.25) is 0 Å². The summed E-state index contributed by atoms with van der Waals surface area (Å²) in [6, 6.07) is 9.68. The Morgan fingerprint density at radius 2 is 2.18 bits per heavy atom. The Balaban J connectivity index is 1.46. The lowest BCUT2D eigenvalue weighted by molar-refractivity contribution is -0.116. The van der Waals surface area contributed by atoms with Gasteiger partial charge in [-0.1, -0.05) is 0 Å². The minimum absolute atomic E-state index is 0.122. The quantitative estimate of drug-likeness (QED) is 0.700. The molecule has 112 valence electrons. The molecule has 0 aliphatic heterocycles. The monoisotopic (exact) mass is 313 g/mol. The number of hydrogen-bond acceptors (Lipinski definition) is 4. The fraction of sp³-hybridized carbons (Fsp3) is 0.118. The van der Waals surface area contributed by atoms with Gasteiger partial charge in [-0.05, 0) is 42.8 Å². The van der Waals surface area contributed by atoms with Crippen molar-refractivity contribution in [1.82, 2.24) is 5.32 Å². The third-order valence-electron chi connectivity index (χ3n) is 3.08. The topological polar surface area (TPSA) is 55.4 Å². The first kappa shape index (κ1) is 14.4. The molecule has 3 aromatic rings. The highest BCUT2D eigenvalue weighted by Gasteiger charge is 2.04. The highest BCUT2D eigenvalue weighted by Crippen LogP contribution is 2.28. The lowest BCUT2D eigenvalue weighted by Gasteiger charge is -1.99. The van der Waals surface area contributed by atoms with Crippen LogP contribution in [0.5, 0.6) is 0 Å². The van der Waals surface area contributed by atoms with Crippen molar-refractivity contribution in [2.45, 2.75) is 6.42 Å². The molecule has 0 unspecified atom stereocenters. The second-order valence-electron chi connectivity index (χ2n) is 4.67. The molecule has 0 bridgehead atoms. The smallest absolute Gasteiger partial charge is 0.244 e. The van der Waals surface area contributed by atoms with Crippen LogP contribution in [0.25, 0.3) is 16.5 Å². The first-order valence-electron chi connectivity index (χ1n) is 6.92. The number of hydrogen-bond donors (Lipinski definition) is 1. The van der Waals surface area contributed by atoms with Crippen molar-refractivity contribution in [3.05, 3.63) is 65.8 Å². The van der Waals surface area contributed by atoms with Crippen molar-refractivity contribution in [3.63, 3.8) is 0 Å².